The van der Waals surface area contributed by atoms with Crippen LogP contribution in [0.5, 0.6) is 0 Å². The lowest BCUT2D eigenvalue weighted by molar-refractivity contribution is -0.612. The Morgan fingerprint density at radius 3 is 1.97 bits per heavy atom. The quantitative estimate of drug-likeness (QED) is 0.195. The summed E-state index contributed by atoms with van der Waals surface area (Å²) >= 11 is 3.46. The molecule has 0 aliphatic rings. The van der Waals surface area contributed by atoms with E-state index in [4.69, 9.17) is 10.1 Å². The van der Waals surface area contributed by atoms with Crippen molar-refractivity contribution in [1.29, 1.82) is 0 Å². The summed E-state index contributed by atoms with van der Waals surface area (Å²) in [5.74, 6) is 0. The van der Waals surface area contributed by atoms with Crippen LogP contribution in [0.25, 0.3) is 48.7 Å². The van der Waals surface area contributed by atoms with Crippen molar-refractivity contribution in [1.82, 2.24) is 10.1 Å². The van der Waals surface area contributed by atoms with Gasteiger partial charge in [-0.1, -0.05) is 106 Å². The summed E-state index contributed by atoms with van der Waals surface area (Å²) in [6.45, 7) is 0. The van der Waals surface area contributed by atoms with E-state index in [-0.39, 0.29) is 0 Å². The van der Waals surface area contributed by atoms with E-state index in [9.17, 15) is 0 Å². The highest BCUT2D eigenvalue weighted by Gasteiger charge is 2.26. The number of nitrogens with zero attached hydrogens (tertiary/aromatic N) is 3. The minimum Gasteiger partial charge on any atom is -0.0758 e. The Bertz CT molecular complexity index is 1540. The first-order valence-electron chi connectivity index (χ1n) is 9.40. The number of thiazole rings is 1. The molecule has 0 unspecified atom stereocenters. The lowest BCUT2D eigenvalue weighted by atomic mass is 10.00. The van der Waals surface area contributed by atoms with Crippen LogP contribution in [0.3, 0.4) is 0 Å². The van der Waals surface area contributed by atoms with Crippen molar-refractivity contribution in [3.8, 4) is 10.4 Å². The molecule has 0 saturated heterocycles. The second-order valence-electron chi connectivity index (χ2n) is 6.90. The van der Waals surface area contributed by atoms with Crippen molar-refractivity contribution in [2.24, 2.45) is 0 Å². The van der Waals surface area contributed by atoms with E-state index in [2.05, 4.69) is 79.1 Å². The largest absolute Gasteiger partial charge is 0.368 e. The standard InChI is InChI=1S/C24H16N3S2/c1-28-24-27-23(22(29-24)15-9-3-2-4-10-15)25-20-18-13-7-5-11-16(18)17-12-6-8-14-19(17)21(20)26-27/h2-14H,1H3/q+1. The van der Waals surface area contributed by atoms with Crippen molar-refractivity contribution in [2.45, 2.75) is 4.34 Å². The van der Waals surface area contributed by atoms with Crippen LogP contribution in [0, 0.1) is 0 Å². The van der Waals surface area contributed by atoms with Crippen molar-refractivity contribution < 1.29 is 4.52 Å². The first-order valence-corrected chi connectivity index (χ1v) is 11.4. The van der Waals surface area contributed by atoms with E-state index < -0.39 is 0 Å². The molecule has 0 radical (unpaired) electrons. The van der Waals surface area contributed by atoms with Crippen molar-refractivity contribution in [3.05, 3.63) is 78.9 Å². The maximum atomic E-state index is 5.20. The van der Waals surface area contributed by atoms with E-state index in [0.29, 0.717) is 0 Å². The van der Waals surface area contributed by atoms with Gasteiger partial charge in [0.2, 0.25) is 9.86 Å². The Morgan fingerprint density at radius 2 is 1.31 bits per heavy atom. The smallest absolute Gasteiger partial charge is 0.0758 e. The molecule has 0 fully saturated rings. The van der Waals surface area contributed by atoms with Gasteiger partial charge in [0, 0.05) is 16.3 Å². The van der Waals surface area contributed by atoms with Gasteiger partial charge in [0.15, 0.2) is 5.52 Å². The first-order chi connectivity index (χ1) is 14.3. The van der Waals surface area contributed by atoms with Crippen LogP contribution in [0.15, 0.2) is 83.2 Å². The van der Waals surface area contributed by atoms with Crippen LogP contribution in [-0.2, 0) is 0 Å². The Hall–Kier alpha value is -3.02. The highest BCUT2D eigenvalue weighted by Crippen LogP contribution is 2.36. The lowest BCUT2D eigenvalue weighted by Crippen LogP contribution is -2.27. The molecule has 0 spiro atoms. The Labute approximate surface area is 175 Å². The predicted octanol–water partition coefficient (Wildman–Crippen LogP) is 6.13. The molecular formula is C24H16N3S2+. The third-order valence-corrected chi connectivity index (χ3v) is 7.52. The molecule has 0 aliphatic carbocycles. The van der Waals surface area contributed by atoms with Gasteiger partial charge >= 0.3 is 5.65 Å². The summed E-state index contributed by atoms with van der Waals surface area (Å²) in [5.41, 5.74) is 4.00. The number of fused-ring (bicyclic) bond motifs is 7. The molecule has 0 saturated carbocycles. The van der Waals surface area contributed by atoms with E-state index >= 15 is 0 Å². The summed E-state index contributed by atoms with van der Waals surface area (Å²) < 4.78 is 3.15. The van der Waals surface area contributed by atoms with Crippen LogP contribution in [-0.4, -0.2) is 16.3 Å². The van der Waals surface area contributed by atoms with Crippen molar-refractivity contribution >= 4 is 61.3 Å². The van der Waals surface area contributed by atoms with Gasteiger partial charge in [-0.3, -0.25) is 0 Å². The molecule has 3 nitrogen and oxygen atoms in total. The summed E-state index contributed by atoms with van der Waals surface area (Å²) in [6.07, 6.45) is 2.09. The molecule has 29 heavy (non-hydrogen) atoms. The van der Waals surface area contributed by atoms with Gasteiger partial charge in [-0.05, 0) is 28.1 Å². The molecule has 2 heterocycles. The fourth-order valence-electron chi connectivity index (χ4n) is 3.98. The van der Waals surface area contributed by atoms with Crippen LogP contribution in [0.1, 0.15) is 0 Å². The van der Waals surface area contributed by atoms with E-state index in [0.717, 1.165) is 36.7 Å². The molecule has 138 valence electrons. The summed E-state index contributed by atoms with van der Waals surface area (Å²) in [5, 5.41) is 9.84. The van der Waals surface area contributed by atoms with Crippen LogP contribution >= 0.6 is 23.1 Å². The monoisotopic (exact) mass is 410 g/mol. The molecule has 0 aliphatic heterocycles. The topological polar surface area (TPSA) is 29.9 Å². The zero-order valence-electron chi connectivity index (χ0n) is 15.7. The number of rotatable bonds is 2. The van der Waals surface area contributed by atoms with E-state index in [1.165, 1.54) is 16.3 Å². The Kier molecular flexibility index (Phi) is 3.79. The molecule has 6 aromatic rings. The average Bonchev–Trinajstić information content (AvgIpc) is 3.16. The molecule has 0 amide bonds. The Morgan fingerprint density at radius 1 is 0.724 bits per heavy atom. The maximum Gasteiger partial charge on any atom is 0.368 e. The third kappa shape index (κ3) is 2.48. The van der Waals surface area contributed by atoms with Gasteiger partial charge in [0.25, 0.3) is 0 Å². The molecule has 4 aromatic carbocycles. The van der Waals surface area contributed by atoms with Gasteiger partial charge in [-0.2, -0.15) is 0 Å². The molecule has 5 heteroatoms. The molecule has 0 atom stereocenters. The van der Waals surface area contributed by atoms with Gasteiger partial charge in [-0.15, -0.1) is 0 Å². The Balaban J connectivity index is 1.85. The van der Waals surface area contributed by atoms with Crippen LogP contribution in [0.2, 0.25) is 0 Å². The zero-order chi connectivity index (χ0) is 19.4. The average molecular weight is 411 g/mol. The third-order valence-electron chi connectivity index (χ3n) is 5.27. The normalized spacial score (nSPS) is 11.8. The summed E-state index contributed by atoms with van der Waals surface area (Å²) in [6, 6.07) is 27.4. The molecule has 6 rings (SSSR count). The van der Waals surface area contributed by atoms with Gasteiger partial charge in [-0.25, -0.2) is 0 Å². The lowest BCUT2D eigenvalue weighted by Gasteiger charge is -2.05. The van der Waals surface area contributed by atoms with E-state index in [1.54, 1.807) is 23.1 Å². The molecule has 0 bridgehead atoms. The van der Waals surface area contributed by atoms with Gasteiger partial charge in [0.1, 0.15) is 4.88 Å². The minimum absolute atomic E-state index is 0.915. The SMILES string of the molecule is CSc1sc(-c2ccccc2)c2nc3c4ccccc4c4ccccc4c3n[n+]12. The fraction of sp³-hybridized carbons (Fsp3) is 0.0417. The number of hydrogen-bond donors (Lipinski definition) is 0. The van der Waals surface area contributed by atoms with Gasteiger partial charge in [0.05, 0.1) is 0 Å². The van der Waals surface area contributed by atoms with Crippen molar-refractivity contribution in [2.75, 3.05) is 6.26 Å². The molecular weight excluding hydrogens is 394 g/mol. The highest BCUT2D eigenvalue weighted by atomic mass is 32.2. The second-order valence-corrected chi connectivity index (χ2v) is 8.96. The molecule has 0 N–H and O–H groups in total. The number of thioether (sulfide) groups is 1. The maximum absolute atomic E-state index is 5.20. The number of aromatic nitrogens is 3. The van der Waals surface area contributed by atoms with Gasteiger partial charge < -0.3 is 0 Å². The summed E-state index contributed by atoms with van der Waals surface area (Å²) in [4.78, 5) is 6.35. The van der Waals surface area contributed by atoms with Crippen LogP contribution in [0.4, 0.5) is 0 Å². The zero-order valence-corrected chi connectivity index (χ0v) is 17.3. The first kappa shape index (κ1) is 16.9. The number of hydrogen-bond acceptors (Lipinski definition) is 4. The summed E-state index contributed by atoms with van der Waals surface area (Å²) in [7, 11) is 0. The molecule has 2 aromatic heterocycles. The number of benzene rings is 4. The fourth-order valence-corrected chi connectivity index (χ4v) is 5.72. The predicted molar refractivity (Wildman–Crippen MR) is 123 cm³/mol. The highest BCUT2D eigenvalue weighted by molar-refractivity contribution is 8.00. The van der Waals surface area contributed by atoms with Crippen molar-refractivity contribution in [3.63, 3.8) is 0 Å². The van der Waals surface area contributed by atoms with Crippen LogP contribution < -0.4 is 4.52 Å². The second kappa shape index (κ2) is 6.51. The minimum atomic E-state index is 0.915. The van der Waals surface area contributed by atoms with E-state index in [1.807, 2.05) is 10.6 Å².